The van der Waals surface area contributed by atoms with Gasteiger partial charge in [-0.25, -0.2) is 4.39 Å². The fourth-order valence-corrected chi connectivity index (χ4v) is 1.88. The van der Waals surface area contributed by atoms with Crippen molar-refractivity contribution in [2.75, 3.05) is 6.54 Å². The van der Waals surface area contributed by atoms with Crippen molar-refractivity contribution < 1.29 is 9.18 Å². The first-order chi connectivity index (χ1) is 8.63. The summed E-state index contributed by atoms with van der Waals surface area (Å²) in [5.41, 5.74) is 0.224. The molecule has 0 spiro atoms. The molecule has 0 aromatic heterocycles. The van der Waals surface area contributed by atoms with E-state index < -0.39 is 11.9 Å². The van der Waals surface area contributed by atoms with Gasteiger partial charge in [-0.2, -0.15) is 0 Å². The lowest BCUT2D eigenvalue weighted by Gasteiger charge is -2.09. The van der Waals surface area contributed by atoms with Crippen LogP contribution in [0.3, 0.4) is 0 Å². The minimum Gasteiger partial charge on any atom is -0.340 e. The Morgan fingerprint density at radius 1 is 1.50 bits per heavy atom. The van der Waals surface area contributed by atoms with E-state index in [1.54, 1.807) is 6.07 Å². The van der Waals surface area contributed by atoms with Crippen LogP contribution in [0.1, 0.15) is 24.9 Å². The molecule has 1 fully saturated rings. The molecular formula is C12H13ClFN3O. The van der Waals surface area contributed by atoms with Crippen LogP contribution >= 0.6 is 11.6 Å². The Balaban J connectivity index is 2.24. The van der Waals surface area contributed by atoms with Gasteiger partial charge in [0.15, 0.2) is 5.96 Å². The number of benzene rings is 1. The molecule has 0 saturated carbocycles. The first-order valence-electron chi connectivity index (χ1n) is 5.69. The standard InChI is InChI=1S/C12H13ClFN3O/c1-2-6-15-12-16-10(11(18)17-12)7-4-3-5-8(13)9(7)14/h3-5,10H,2,6H2,1H3,(H2,15,16,17,18). The van der Waals surface area contributed by atoms with Crippen LogP contribution in [0.5, 0.6) is 0 Å². The highest BCUT2D eigenvalue weighted by molar-refractivity contribution is 6.30. The van der Waals surface area contributed by atoms with Crippen LogP contribution in [0.4, 0.5) is 4.39 Å². The maximum Gasteiger partial charge on any atom is 0.254 e. The van der Waals surface area contributed by atoms with Crippen LogP contribution in [0.15, 0.2) is 23.2 Å². The van der Waals surface area contributed by atoms with Crippen LogP contribution in [-0.2, 0) is 4.79 Å². The van der Waals surface area contributed by atoms with Crippen molar-refractivity contribution >= 4 is 23.5 Å². The van der Waals surface area contributed by atoms with Crippen molar-refractivity contribution in [2.45, 2.75) is 19.4 Å². The molecule has 6 heteroatoms. The summed E-state index contributed by atoms with van der Waals surface area (Å²) in [5.74, 6) is -0.527. The van der Waals surface area contributed by atoms with Crippen molar-refractivity contribution in [3.8, 4) is 0 Å². The molecule has 0 bridgehead atoms. The van der Waals surface area contributed by atoms with E-state index in [2.05, 4.69) is 15.6 Å². The van der Waals surface area contributed by atoms with Gasteiger partial charge in [-0.1, -0.05) is 30.7 Å². The van der Waals surface area contributed by atoms with Crippen LogP contribution in [-0.4, -0.2) is 18.4 Å². The summed E-state index contributed by atoms with van der Waals surface area (Å²) >= 11 is 5.70. The number of hydrogen-bond donors (Lipinski definition) is 2. The van der Waals surface area contributed by atoms with E-state index in [4.69, 9.17) is 11.6 Å². The van der Waals surface area contributed by atoms with Crippen LogP contribution < -0.4 is 10.6 Å². The van der Waals surface area contributed by atoms with E-state index in [9.17, 15) is 9.18 Å². The highest BCUT2D eigenvalue weighted by atomic mass is 35.5. The van der Waals surface area contributed by atoms with Gasteiger partial charge >= 0.3 is 0 Å². The fraction of sp³-hybridized carbons (Fsp3) is 0.333. The Bertz CT molecular complexity index is 504. The van der Waals surface area contributed by atoms with Crippen molar-refractivity contribution in [3.63, 3.8) is 0 Å². The molecule has 2 N–H and O–H groups in total. The predicted molar refractivity (Wildman–Crippen MR) is 68.0 cm³/mol. The van der Waals surface area contributed by atoms with Gasteiger partial charge in [0.2, 0.25) is 0 Å². The van der Waals surface area contributed by atoms with Gasteiger partial charge in [-0.15, -0.1) is 0 Å². The molecule has 4 nitrogen and oxygen atoms in total. The lowest BCUT2D eigenvalue weighted by molar-refractivity contribution is -0.120. The third-order valence-electron chi connectivity index (χ3n) is 2.57. The molecule has 0 aliphatic carbocycles. The molecular weight excluding hydrogens is 257 g/mol. The average molecular weight is 270 g/mol. The Morgan fingerprint density at radius 3 is 3.00 bits per heavy atom. The molecule has 96 valence electrons. The number of nitrogens with zero attached hydrogens (tertiary/aromatic N) is 1. The molecule has 1 heterocycles. The molecule has 1 saturated heterocycles. The highest BCUT2D eigenvalue weighted by Gasteiger charge is 2.32. The summed E-state index contributed by atoms with van der Waals surface area (Å²) in [6.07, 6.45) is 0.872. The molecule has 18 heavy (non-hydrogen) atoms. The summed E-state index contributed by atoms with van der Waals surface area (Å²) in [6, 6.07) is 3.80. The van der Waals surface area contributed by atoms with Gasteiger partial charge in [0, 0.05) is 12.1 Å². The lowest BCUT2D eigenvalue weighted by Crippen LogP contribution is -2.25. The summed E-state index contributed by atoms with van der Waals surface area (Å²) in [7, 11) is 0. The van der Waals surface area contributed by atoms with Gasteiger partial charge in [0.1, 0.15) is 11.9 Å². The Morgan fingerprint density at radius 2 is 2.28 bits per heavy atom. The first kappa shape index (κ1) is 12.8. The molecule has 1 aromatic rings. The van der Waals surface area contributed by atoms with E-state index in [1.807, 2.05) is 6.92 Å². The molecule has 1 unspecified atom stereocenters. The van der Waals surface area contributed by atoms with Crippen LogP contribution in [0.25, 0.3) is 0 Å². The van der Waals surface area contributed by atoms with Gasteiger partial charge in [0.05, 0.1) is 5.02 Å². The van der Waals surface area contributed by atoms with Gasteiger partial charge in [-0.3, -0.25) is 15.1 Å². The molecule has 1 aromatic carbocycles. The zero-order chi connectivity index (χ0) is 13.1. The van der Waals surface area contributed by atoms with Gasteiger partial charge < -0.3 is 5.32 Å². The fourth-order valence-electron chi connectivity index (χ4n) is 1.70. The number of carbonyl (C=O) groups is 1. The van der Waals surface area contributed by atoms with Crippen molar-refractivity contribution in [1.82, 2.24) is 10.6 Å². The topological polar surface area (TPSA) is 53.5 Å². The minimum atomic E-state index is -0.778. The third kappa shape index (κ3) is 2.46. The van der Waals surface area contributed by atoms with E-state index in [0.717, 1.165) is 6.42 Å². The van der Waals surface area contributed by atoms with Crippen molar-refractivity contribution in [1.29, 1.82) is 0 Å². The number of aliphatic imine (C=N–C) groups is 1. The Hall–Kier alpha value is -1.62. The number of amides is 1. The summed E-state index contributed by atoms with van der Waals surface area (Å²) < 4.78 is 13.8. The largest absolute Gasteiger partial charge is 0.340 e. The Labute approximate surface area is 109 Å². The van der Waals surface area contributed by atoms with Gasteiger partial charge in [-0.05, 0) is 12.5 Å². The summed E-state index contributed by atoms with van der Waals surface area (Å²) in [6.45, 7) is 2.59. The number of hydrogen-bond acceptors (Lipinski definition) is 2. The van der Waals surface area contributed by atoms with E-state index in [1.165, 1.54) is 12.1 Å². The van der Waals surface area contributed by atoms with Crippen molar-refractivity contribution in [2.24, 2.45) is 4.99 Å². The smallest absolute Gasteiger partial charge is 0.254 e. The first-order valence-corrected chi connectivity index (χ1v) is 6.07. The normalized spacial score (nSPS) is 20.9. The third-order valence-corrected chi connectivity index (χ3v) is 2.86. The average Bonchev–Trinajstić information content (AvgIpc) is 2.71. The second-order valence-electron chi connectivity index (χ2n) is 3.94. The van der Waals surface area contributed by atoms with Gasteiger partial charge in [0.25, 0.3) is 5.91 Å². The zero-order valence-electron chi connectivity index (χ0n) is 9.84. The van der Waals surface area contributed by atoms with Crippen LogP contribution in [0.2, 0.25) is 5.02 Å². The number of guanidine groups is 1. The second kappa shape index (κ2) is 5.35. The van der Waals surface area contributed by atoms with E-state index in [-0.39, 0.29) is 16.5 Å². The number of rotatable bonds is 3. The predicted octanol–water partition coefficient (Wildman–Crippen LogP) is 2.01. The molecule has 2 rings (SSSR count). The Kier molecular flexibility index (Phi) is 3.81. The maximum atomic E-state index is 13.8. The SMILES string of the molecule is CCCN=C1NC(=O)C(c2cccc(Cl)c2F)N1. The minimum absolute atomic E-state index is 0.000969. The lowest BCUT2D eigenvalue weighted by atomic mass is 10.1. The summed E-state index contributed by atoms with van der Waals surface area (Å²) in [5, 5.41) is 5.43. The highest BCUT2D eigenvalue weighted by Crippen LogP contribution is 2.25. The van der Waals surface area contributed by atoms with E-state index >= 15 is 0 Å². The van der Waals surface area contributed by atoms with E-state index in [0.29, 0.717) is 12.5 Å². The molecule has 1 atom stereocenters. The quantitative estimate of drug-likeness (QED) is 0.882. The molecule has 1 amide bonds. The molecule has 1 aliphatic heterocycles. The monoisotopic (exact) mass is 269 g/mol. The zero-order valence-corrected chi connectivity index (χ0v) is 10.6. The number of carbonyl (C=O) groups excluding carboxylic acids is 1. The maximum absolute atomic E-state index is 13.8. The number of nitrogens with one attached hydrogen (secondary N) is 2. The summed E-state index contributed by atoms with van der Waals surface area (Å²) in [4.78, 5) is 15.9. The number of halogens is 2. The molecule has 1 aliphatic rings. The van der Waals surface area contributed by atoms with Crippen LogP contribution in [0, 0.1) is 5.82 Å². The second-order valence-corrected chi connectivity index (χ2v) is 4.35. The van der Waals surface area contributed by atoms with Crippen molar-refractivity contribution in [3.05, 3.63) is 34.6 Å². The molecule has 0 radical (unpaired) electrons.